The van der Waals surface area contributed by atoms with Crippen molar-refractivity contribution in [1.82, 2.24) is 0 Å². The second kappa shape index (κ2) is 5.02. The highest BCUT2D eigenvalue weighted by molar-refractivity contribution is 5.55. The third-order valence-corrected chi connectivity index (χ3v) is 2.52. The molecular formula is C13H21FN2O. The monoisotopic (exact) mass is 240 g/mol. The number of rotatable bonds is 4. The summed E-state index contributed by atoms with van der Waals surface area (Å²) in [7, 11) is 1.82. The molecule has 0 aliphatic heterocycles. The topological polar surface area (TPSA) is 49.5 Å². The first kappa shape index (κ1) is 13.9. The highest BCUT2D eigenvalue weighted by atomic mass is 19.1. The number of benzene rings is 1. The van der Waals surface area contributed by atoms with Crippen LogP contribution in [0.4, 0.5) is 10.1 Å². The minimum Gasteiger partial charge on any atom is -0.389 e. The summed E-state index contributed by atoms with van der Waals surface area (Å²) in [6.07, 6.45) is 0. The average Bonchev–Trinajstić information content (AvgIpc) is 2.13. The Hall–Kier alpha value is -1.13. The van der Waals surface area contributed by atoms with E-state index >= 15 is 0 Å². The van der Waals surface area contributed by atoms with E-state index in [2.05, 4.69) is 0 Å². The molecule has 96 valence electrons. The Labute approximate surface area is 102 Å². The summed E-state index contributed by atoms with van der Waals surface area (Å²) in [6.45, 7) is 5.60. The first-order chi connectivity index (χ1) is 7.72. The lowest BCUT2D eigenvalue weighted by atomic mass is 10.0. The van der Waals surface area contributed by atoms with Gasteiger partial charge < -0.3 is 15.7 Å². The normalized spacial score (nSPS) is 13.6. The van der Waals surface area contributed by atoms with E-state index in [0.29, 0.717) is 12.1 Å². The molecule has 17 heavy (non-hydrogen) atoms. The van der Waals surface area contributed by atoms with Gasteiger partial charge in [-0.25, -0.2) is 4.39 Å². The second-order valence-corrected chi connectivity index (χ2v) is 5.13. The van der Waals surface area contributed by atoms with Crippen molar-refractivity contribution in [3.05, 3.63) is 29.6 Å². The van der Waals surface area contributed by atoms with Crippen molar-refractivity contribution in [2.45, 2.75) is 32.4 Å². The van der Waals surface area contributed by atoms with Crippen LogP contribution in [0.1, 0.15) is 32.4 Å². The van der Waals surface area contributed by atoms with Gasteiger partial charge >= 0.3 is 0 Å². The maximum atomic E-state index is 13.7. The fourth-order valence-electron chi connectivity index (χ4n) is 1.97. The molecule has 0 saturated carbocycles. The molecule has 0 aromatic heterocycles. The minimum absolute atomic E-state index is 0.305. The number of halogens is 1. The summed E-state index contributed by atoms with van der Waals surface area (Å²) in [5.41, 5.74) is 6.16. The van der Waals surface area contributed by atoms with E-state index < -0.39 is 5.60 Å². The summed E-state index contributed by atoms with van der Waals surface area (Å²) in [6, 6.07) is 4.49. The summed E-state index contributed by atoms with van der Waals surface area (Å²) >= 11 is 0. The Balaban J connectivity index is 3.09. The van der Waals surface area contributed by atoms with Gasteiger partial charge in [0.25, 0.3) is 0 Å². The molecule has 0 fully saturated rings. The number of anilines is 1. The molecule has 4 heteroatoms. The van der Waals surface area contributed by atoms with E-state index in [0.717, 1.165) is 5.69 Å². The predicted molar refractivity (Wildman–Crippen MR) is 68.6 cm³/mol. The van der Waals surface area contributed by atoms with Gasteiger partial charge in [0.05, 0.1) is 5.60 Å². The predicted octanol–water partition coefficient (Wildman–Crippen LogP) is 2.05. The van der Waals surface area contributed by atoms with E-state index in [1.54, 1.807) is 26.8 Å². The zero-order valence-electron chi connectivity index (χ0n) is 10.9. The van der Waals surface area contributed by atoms with Crippen molar-refractivity contribution in [2.75, 3.05) is 18.5 Å². The van der Waals surface area contributed by atoms with Crippen LogP contribution in [-0.4, -0.2) is 24.3 Å². The van der Waals surface area contributed by atoms with Gasteiger partial charge in [-0.05, 0) is 32.9 Å². The zero-order valence-corrected chi connectivity index (χ0v) is 10.9. The molecule has 0 bridgehead atoms. The standard InChI is InChI=1S/C13H21FN2O/c1-9(15)12-10(14)6-5-7-11(12)16(4)8-13(2,3)17/h5-7,9,17H,8,15H2,1-4H3. The van der Waals surface area contributed by atoms with Crippen molar-refractivity contribution in [2.24, 2.45) is 5.73 Å². The number of likely N-dealkylation sites (N-methyl/N-ethyl adjacent to an activating group) is 1. The first-order valence-electron chi connectivity index (χ1n) is 5.70. The molecule has 1 rings (SSSR count). The van der Waals surface area contributed by atoms with Crippen molar-refractivity contribution < 1.29 is 9.50 Å². The third-order valence-electron chi connectivity index (χ3n) is 2.52. The Morgan fingerprint density at radius 1 is 1.47 bits per heavy atom. The molecule has 0 radical (unpaired) electrons. The number of hydrogen-bond acceptors (Lipinski definition) is 3. The van der Waals surface area contributed by atoms with Gasteiger partial charge in [0.1, 0.15) is 5.82 Å². The molecule has 1 unspecified atom stereocenters. The van der Waals surface area contributed by atoms with Crippen LogP contribution in [0.25, 0.3) is 0 Å². The lowest BCUT2D eigenvalue weighted by Crippen LogP contribution is -2.37. The fourth-order valence-corrected chi connectivity index (χ4v) is 1.97. The average molecular weight is 240 g/mol. The second-order valence-electron chi connectivity index (χ2n) is 5.13. The number of hydrogen-bond donors (Lipinski definition) is 2. The van der Waals surface area contributed by atoms with Crippen LogP contribution >= 0.6 is 0 Å². The van der Waals surface area contributed by atoms with E-state index in [1.165, 1.54) is 6.07 Å². The van der Waals surface area contributed by atoms with E-state index in [4.69, 9.17) is 5.73 Å². The van der Waals surface area contributed by atoms with E-state index in [1.807, 2.05) is 18.0 Å². The van der Waals surface area contributed by atoms with Crippen LogP contribution < -0.4 is 10.6 Å². The molecular weight excluding hydrogens is 219 g/mol. The molecule has 1 atom stereocenters. The molecule has 3 nitrogen and oxygen atoms in total. The lowest BCUT2D eigenvalue weighted by molar-refractivity contribution is 0.0885. The summed E-state index contributed by atoms with van der Waals surface area (Å²) in [5, 5.41) is 9.78. The fraction of sp³-hybridized carbons (Fsp3) is 0.538. The van der Waals surface area contributed by atoms with Gasteiger partial charge in [0.15, 0.2) is 0 Å². The van der Waals surface area contributed by atoms with Gasteiger partial charge in [0, 0.05) is 30.9 Å². The largest absolute Gasteiger partial charge is 0.389 e. The maximum absolute atomic E-state index is 13.7. The first-order valence-corrected chi connectivity index (χ1v) is 5.70. The highest BCUT2D eigenvalue weighted by Crippen LogP contribution is 2.27. The molecule has 1 aromatic rings. The molecule has 0 saturated heterocycles. The van der Waals surface area contributed by atoms with Crippen LogP contribution in [0.3, 0.4) is 0 Å². The number of aliphatic hydroxyl groups is 1. The van der Waals surface area contributed by atoms with Crippen molar-refractivity contribution in [1.29, 1.82) is 0 Å². The molecule has 1 aromatic carbocycles. The van der Waals surface area contributed by atoms with Crippen LogP contribution in [-0.2, 0) is 0 Å². The van der Waals surface area contributed by atoms with E-state index in [-0.39, 0.29) is 11.9 Å². The van der Waals surface area contributed by atoms with Crippen molar-refractivity contribution in [3.63, 3.8) is 0 Å². The van der Waals surface area contributed by atoms with Crippen LogP contribution in [0.2, 0.25) is 0 Å². The van der Waals surface area contributed by atoms with Crippen molar-refractivity contribution >= 4 is 5.69 Å². The smallest absolute Gasteiger partial charge is 0.130 e. The Kier molecular flexibility index (Phi) is 4.11. The van der Waals surface area contributed by atoms with Crippen LogP contribution in [0.5, 0.6) is 0 Å². The molecule has 3 N–H and O–H groups in total. The summed E-state index contributed by atoms with van der Waals surface area (Å²) < 4.78 is 13.7. The molecule has 0 aliphatic rings. The van der Waals surface area contributed by atoms with Gasteiger partial charge in [-0.1, -0.05) is 6.07 Å². The summed E-state index contributed by atoms with van der Waals surface area (Å²) in [5.74, 6) is -0.305. The SMILES string of the molecule is CC(N)c1c(F)cccc1N(C)CC(C)(C)O. The van der Waals surface area contributed by atoms with Gasteiger partial charge in [0.2, 0.25) is 0 Å². The molecule has 0 spiro atoms. The zero-order chi connectivity index (χ0) is 13.2. The molecule has 0 amide bonds. The van der Waals surface area contributed by atoms with Crippen LogP contribution in [0.15, 0.2) is 18.2 Å². The Morgan fingerprint density at radius 3 is 2.53 bits per heavy atom. The maximum Gasteiger partial charge on any atom is 0.130 e. The molecule has 0 heterocycles. The quantitative estimate of drug-likeness (QED) is 0.847. The third kappa shape index (κ3) is 3.68. The Morgan fingerprint density at radius 2 is 2.06 bits per heavy atom. The van der Waals surface area contributed by atoms with Gasteiger partial charge in [-0.3, -0.25) is 0 Å². The highest BCUT2D eigenvalue weighted by Gasteiger charge is 2.20. The van der Waals surface area contributed by atoms with Crippen LogP contribution in [0, 0.1) is 5.82 Å². The minimum atomic E-state index is -0.837. The van der Waals surface area contributed by atoms with Crippen molar-refractivity contribution in [3.8, 4) is 0 Å². The number of nitrogens with zero attached hydrogens (tertiary/aromatic N) is 1. The van der Waals surface area contributed by atoms with Gasteiger partial charge in [-0.2, -0.15) is 0 Å². The summed E-state index contributed by atoms with van der Waals surface area (Å²) in [4.78, 5) is 1.82. The molecule has 0 aliphatic carbocycles. The van der Waals surface area contributed by atoms with Gasteiger partial charge in [-0.15, -0.1) is 0 Å². The Bertz CT molecular complexity index is 385. The number of nitrogens with two attached hydrogens (primary N) is 1. The van der Waals surface area contributed by atoms with E-state index in [9.17, 15) is 9.50 Å². The lowest BCUT2D eigenvalue weighted by Gasteiger charge is -2.29.